The van der Waals surface area contributed by atoms with Crippen molar-refractivity contribution in [2.75, 3.05) is 20.2 Å². The third-order valence-corrected chi connectivity index (χ3v) is 2.94. The number of alkyl carbamates (subject to hydrolysis) is 1. The van der Waals surface area contributed by atoms with Crippen LogP contribution in [0, 0.1) is 5.82 Å². The van der Waals surface area contributed by atoms with Gasteiger partial charge in [-0.25, -0.2) is 9.18 Å². The van der Waals surface area contributed by atoms with Crippen LogP contribution in [0.3, 0.4) is 0 Å². The Labute approximate surface area is 111 Å². The van der Waals surface area contributed by atoms with Crippen LogP contribution < -0.4 is 5.32 Å². The number of amides is 1. The number of carbonyl (C=O) groups is 1. The van der Waals surface area contributed by atoms with Gasteiger partial charge in [0.15, 0.2) is 0 Å². The van der Waals surface area contributed by atoms with E-state index >= 15 is 0 Å². The van der Waals surface area contributed by atoms with Gasteiger partial charge in [0, 0.05) is 7.05 Å². The summed E-state index contributed by atoms with van der Waals surface area (Å²) in [5.74, 6) is 0.158. The zero-order chi connectivity index (χ0) is 13.8. The molecule has 0 radical (unpaired) electrons. The molecule has 5 nitrogen and oxygen atoms in total. The SMILES string of the molecule is CCOC(=O)NC1=NCC(c2cccc(F)c2)N1C. The van der Waals surface area contributed by atoms with Crippen molar-refractivity contribution in [2.24, 2.45) is 4.99 Å². The van der Waals surface area contributed by atoms with E-state index in [1.54, 1.807) is 24.9 Å². The quantitative estimate of drug-likeness (QED) is 0.888. The highest BCUT2D eigenvalue weighted by Gasteiger charge is 2.27. The lowest BCUT2D eigenvalue weighted by molar-refractivity contribution is 0.156. The summed E-state index contributed by atoms with van der Waals surface area (Å²) in [5.41, 5.74) is 0.826. The third kappa shape index (κ3) is 3.01. The molecule has 102 valence electrons. The molecule has 19 heavy (non-hydrogen) atoms. The molecule has 0 aromatic heterocycles. The van der Waals surface area contributed by atoms with E-state index in [4.69, 9.17) is 4.74 Å². The summed E-state index contributed by atoms with van der Waals surface area (Å²) >= 11 is 0. The largest absolute Gasteiger partial charge is 0.450 e. The first-order valence-corrected chi connectivity index (χ1v) is 6.08. The van der Waals surface area contributed by atoms with Crippen LogP contribution in [-0.2, 0) is 4.74 Å². The number of hydrogen-bond acceptors (Lipinski definition) is 4. The normalized spacial score (nSPS) is 18.2. The maximum atomic E-state index is 13.2. The van der Waals surface area contributed by atoms with E-state index in [0.29, 0.717) is 19.1 Å². The molecule has 1 heterocycles. The number of nitrogens with zero attached hydrogens (tertiary/aromatic N) is 2. The van der Waals surface area contributed by atoms with Crippen LogP contribution in [0.4, 0.5) is 9.18 Å². The van der Waals surface area contributed by atoms with E-state index in [0.717, 1.165) is 5.56 Å². The van der Waals surface area contributed by atoms with E-state index in [2.05, 4.69) is 10.3 Å². The molecule has 0 saturated carbocycles. The van der Waals surface area contributed by atoms with Crippen LogP contribution in [0.5, 0.6) is 0 Å². The Hall–Kier alpha value is -2.11. The van der Waals surface area contributed by atoms with Gasteiger partial charge in [-0.3, -0.25) is 10.3 Å². The molecule has 0 fully saturated rings. The maximum absolute atomic E-state index is 13.2. The van der Waals surface area contributed by atoms with Gasteiger partial charge in [-0.15, -0.1) is 0 Å². The number of carbonyl (C=O) groups excluding carboxylic acids is 1. The molecule has 2 rings (SSSR count). The van der Waals surface area contributed by atoms with Gasteiger partial charge in [-0.1, -0.05) is 12.1 Å². The summed E-state index contributed by atoms with van der Waals surface area (Å²) in [6.07, 6.45) is -0.534. The number of benzene rings is 1. The molecule has 0 saturated heterocycles. The first-order chi connectivity index (χ1) is 9.11. The molecule has 1 atom stereocenters. The van der Waals surface area contributed by atoms with Crippen LogP contribution in [0.2, 0.25) is 0 Å². The molecule has 0 aliphatic carbocycles. The Bertz CT molecular complexity index is 504. The number of halogens is 1. The first kappa shape index (κ1) is 13.3. The molecular formula is C13H16FN3O2. The fraction of sp³-hybridized carbons (Fsp3) is 0.385. The molecule has 0 spiro atoms. The predicted molar refractivity (Wildman–Crippen MR) is 69.4 cm³/mol. The van der Waals surface area contributed by atoms with Crippen molar-refractivity contribution in [1.82, 2.24) is 10.2 Å². The Morgan fingerprint density at radius 3 is 3.11 bits per heavy atom. The van der Waals surface area contributed by atoms with Gasteiger partial charge in [0.05, 0.1) is 19.2 Å². The number of aliphatic imine (C=N–C) groups is 1. The molecule has 1 aromatic carbocycles. The number of hydrogen-bond donors (Lipinski definition) is 1. The smallest absolute Gasteiger partial charge is 0.413 e. The summed E-state index contributed by atoms with van der Waals surface area (Å²) in [7, 11) is 1.80. The topological polar surface area (TPSA) is 53.9 Å². The molecule has 1 unspecified atom stereocenters. The average molecular weight is 265 g/mol. The van der Waals surface area contributed by atoms with Crippen molar-refractivity contribution in [3.63, 3.8) is 0 Å². The van der Waals surface area contributed by atoms with E-state index in [-0.39, 0.29) is 11.9 Å². The van der Waals surface area contributed by atoms with E-state index in [1.165, 1.54) is 12.1 Å². The maximum Gasteiger partial charge on any atom is 0.413 e. The zero-order valence-corrected chi connectivity index (χ0v) is 10.9. The lowest BCUT2D eigenvalue weighted by atomic mass is 10.1. The number of likely N-dealkylation sites (N-methyl/N-ethyl adjacent to an activating group) is 1. The number of rotatable bonds is 2. The highest BCUT2D eigenvalue weighted by molar-refractivity contribution is 5.94. The first-order valence-electron chi connectivity index (χ1n) is 6.08. The average Bonchev–Trinajstić information content (AvgIpc) is 2.71. The molecule has 1 aliphatic rings. The fourth-order valence-corrected chi connectivity index (χ4v) is 1.98. The Kier molecular flexibility index (Phi) is 3.99. The molecule has 0 bridgehead atoms. The lowest BCUT2D eigenvalue weighted by Crippen LogP contribution is -2.40. The van der Waals surface area contributed by atoms with Gasteiger partial charge in [-0.05, 0) is 24.6 Å². The molecule has 1 aliphatic heterocycles. The van der Waals surface area contributed by atoms with Crippen molar-refractivity contribution in [1.29, 1.82) is 0 Å². The number of nitrogens with one attached hydrogen (secondary N) is 1. The van der Waals surface area contributed by atoms with E-state index < -0.39 is 6.09 Å². The lowest BCUT2D eigenvalue weighted by Gasteiger charge is -2.23. The van der Waals surface area contributed by atoms with Gasteiger partial charge in [-0.2, -0.15) is 0 Å². The van der Waals surface area contributed by atoms with Gasteiger partial charge in [0.2, 0.25) is 5.96 Å². The summed E-state index contributed by atoms with van der Waals surface area (Å²) in [4.78, 5) is 17.4. The molecule has 1 N–H and O–H groups in total. The summed E-state index contributed by atoms with van der Waals surface area (Å²) in [6.45, 7) is 2.51. The van der Waals surface area contributed by atoms with Crippen molar-refractivity contribution >= 4 is 12.1 Å². The van der Waals surface area contributed by atoms with Crippen molar-refractivity contribution in [3.8, 4) is 0 Å². The molecular weight excluding hydrogens is 249 g/mol. The molecule has 1 amide bonds. The molecule has 1 aromatic rings. The Morgan fingerprint density at radius 1 is 1.63 bits per heavy atom. The van der Waals surface area contributed by atoms with Crippen molar-refractivity contribution in [2.45, 2.75) is 13.0 Å². The van der Waals surface area contributed by atoms with Gasteiger partial charge in [0.25, 0.3) is 0 Å². The predicted octanol–water partition coefficient (Wildman–Crippen LogP) is 1.91. The standard InChI is InChI=1S/C13H16FN3O2/c1-3-19-13(18)16-12-15-8-11(17(12)2)9-5-4-6-10(14)7-9/h4-7,11H,3,8H2,1-2H3,(H,15,16,18). The third-order valence-electron chi connectivity index (χ3n) is 2.94. The molecule has 6 heteroatoms. The van der Waals surface area contributed by atoms with Crippen LogP contribution in [-0.4, -0.2) is 37.2 Å². The second-order valence-corrected chi connectivity index (χ2v) is 4.19. The monoisotopic (exact) mass is 265 g/mol. The Morgan fingerprint density at radius 2 is 2.42 bits per heavy atom. The minimum atomic E-state index is -0.534. The van der Waals surface area contributed by atoms with Crippen LogP contribution in [0.15, 0.2) is 29.3 Å². The Balaban J connectivity index is 2.04. The number of ether oxygens (including phenoxy) is 1. The highest BCUT2D eigenvalue weighted by atomic mass is 19.1. The fourth-order valence-electron chi connectivity index (χ4n) is 1.98. The van der Waals surface area contributed by atoms with Gasteiger partial charge >= 0.3 is 6.09 Å². The van der Waals surface area contributed by atoms with Gasteiger partial charge < -0.3 is 9.64 Å². The van der Waals surface area contributed by atoms with Crippen LogP contribution >= 0.6 is 0 Å². The van der Waals surface area contributed by atoms with Crippen molar-refractivity contribution < 1.29 is 13.9 Å². The van der Waals surface area contributed by atoms with Crippen LogP contribution in [0.25, 0.3) is 0 Å². The van der Waals surface area contributed by atoms with Crippen LogP contribution in [0.1, 0.15) is 18.5 Å². The second-order valence-electron chi connectivity index (χ2n) is 4.19. The second kappa shape index (κ2) is 5.69. The minimum Gasteiger partial charge on any atom is -0.450 e. The highest BCUT2D eigenvalue weighted by Crippen LogP contribution is 2.24. The summed E-state index contributed by atoms with van der Waals surface area (Å²) in [5, 5.41) is 2.56. The zero-order valence-electron chi connectivity index (χ0n) is 10.9. The minimum absolute atomic E-state index is 0.0763. The van der Waals surface area contributed by atoms with E-state index in [1.807, 2.05) is 6.07 Å². The summed E-state index contributed by atoms with van der Waals surface area (Å²) < 4.78 is 18.0. The number of guanidine groups is 1. The van der Waals surface area contributed by atoms with Gasteiger partial charge in [0.1, 0.15) is 5.82 Å². The van der Waals surface area contributed by atoms with E-state index in [9.17, 15) is 9.18 Å². The van der Waals surface area contributed by atoms with Crippen molar-refractivity contribution in [3.05, 3.63) is 35.6 Å². The summed E-state index contributed by atoms with van der Waals surface area (Å²) in [6, 6.07) is 6.30.